The average molecular weight is 422 g/mol. The van der Waals surface area contributed by atoms with Crippen LogP contribution >= 0.6 is 0 Å². The second-order valence-electron chi connectivity index (χ2n) is 6.89. The Kier molecular flexibility index (Phi) is 5.16. The van der Waals surface area contributed by atoms with Crippen LogP contribution in [0, 0.1) is 0 Å². The smallest absolute Gasteiger partial charge is 0.270 e. The van der Waals surface area contributed by atoms with Gasteiger partial charge in [-0.3, -0.25) is 24.5 Å². The zero-order valence-electron chi connectivity index (χ0n) is 16.1. The van der Waals surface area contributed by atoms with Crippen molar-refractivity contribution in [2.75, 3.05) is 38.6 Å². The number of hydrogen-bond donors (Lipinski definition) is 2. The molecule has 160 valence electrons. The van der Waals surface area contributed by atoms with Gasteiger partial charge >= 0.3 is 0 Å². The number of anilines is 2. The van der Waals surface area contributed by atoms with Gasteiger partial charge in [-0.1, -0.05) is 0 Å². The molecule has 0 saturated carbocycles. The summed E-state index contributed by atoms with van der Waals surface area (Å²) < 4.78 is 38.7. The van der Waals surface area contributed by atoms with Gasteiger partial charge in [-0.25, -0.2) is 8.78 Å². The molecular weight excluding hydrogens is 402 g/mol. The lowest BCUT2D eigenvalue weighted by Gasteiger charge is -2.18. The quantitative estimate of drug-likeness (QED) is 0.309. The maximum Gasteiger partial charge on any atom is 0.270 e. The molecule has 4 heterocycles. The van der Waals surface area contributed by atoms with Gasteiger partial charge in [0.15, 0.2) is 23.8 Å². The zero-order chi connectivity index (χ0) is 21.3. The first-order valence-corrected chi connectivity index (χ1v) is 9.15. The third-order valence-electron chi connectivity index (χ3n) is 4.84. The highest BCUT2D eigenvalue weighted by atomic mass is 19.3. The van der Waals surface area contributed by atoms with Crippen LogP contribution in [-0.2, 0) is 9.53 Å². The van der Waals surface area contributed by atoms with Gasteiger partial charge < -0.3 is 19.4 Å². The van der Waals surface area contributed by atoms with Crippen molar-refractivity contribution in [2.45, 2.75) is 12.3 Å². The fraction of sp³-hybridized carbons (Fsp3) is 0.389. The SMILES string of the molecule is COCN/N=c1/cc(N2COc3cc(C(=O)N4CCC(F)(F)C4)[nH]c32)ccn1C=O. The topological polar surface area (TPSA) is 104 Å². The number of ether oxygens (including phenoxy) is 2. The fourth-order valence-electron chi connectivity index (χ4n) is 3.35. The Morgan fingerprint density at radius 3 is 3.00 bits per heavy atom. The number of aromatic amines is 1. The molecule has 0 aromatic carbocycles. The van der Waals surface area contributed by atoms with Gasteiger partial charge in [0.1, 0.15) is 12.4 Å². The lowest BCUT2D eigenvalue weighted by atomic mass is 10.3. The zero-order valence-corrected chi connectivity index (χ0v) is 16.1. The van der Waals surface area contributed by atoms with E-state index in [2.05, 4.69) is 15.5 Å². The van der Waals surface area contributed by atoms with Crippen molar-refractivity contribution in [3.05, 3.63) is 35.6 Å². The molecule has 10 nitrogen and oxygen atoms in total. The van der Waals surface area contributed by atoms with E-state index in [9.17, 15) is 18.4 Å². The van der Waals surface area contributed by atoms with E-state index in [0.717, 1.165) is 4.90 Å². The maximum atomic E-state index is 13.4. The Morgan fingerprint density at radius 1 is 1.47 bits per heavy atom. The van der Waals surface area contributed by atoms with Gasteiger partial charge in [0.05, 0.1) is 12.2 Å². The predicted octanol–water partition coefficient (Wildman–Crippen LogP) is 0.833. The number of rotatable bonds is 6. The summed E-state index contributed by atoms with van der Waals surface area (Å²) >= 11 is 0. The van der Waals surface area contributed by atoms with Crippen LogP contribution in [0.2, 0.25) is 0 Å². The Balaban J connectivity index is 1.59. The van der Waals surface area contributed by atoms with Gasteiger partial charge in [0.2, 0.25) is 6.41 Å². The number of H-pyrrole nitrogens is 1. The minimum Gasteiger partial charge on any atom is -0.469 e. The number of hydrogen-bond acceptors (Lipinski definition) is 7. The Morgan fingerprint density at radius 2 is 2.30 bits per heavy atom. The van der Waals surface area contributed by atoms with Crippen LogP contribution in [0.25, 0.3) is 0 Å². The highest BCUT2D eigenvalue weighted by Gasteiger charge is 2.41. The molecule has 2 aliphatic rings. The standard InChI is InChI=1S/C18H20F2N6O4/c1-29-9-21-23-15-6-12(2-4-25(15)10-27)26-11-30-14-7-13(22-16(14)26)17(28)24-5-3-18(19,20)8-24/h2,4,6-7,10,21-22H,3,5,8-9,11H2,1H3/b23-15-. The molecule has 2 aromatic heterocycles. The molecule has 0 aliphatic carbocycles. The number of alkyl halides is 2. The Labute approximate surface area is 169 Å². The molecule has 2 N–H and O–H groups in total. The number of fused-ring (bicyclic) bond motifs is 1. The van der Waals surface area contributed by atoms with E-state index in [-0.39, 0.29) is 32.1 Å². The molecule has 0 atom stereocenters. The van der Waals surface area contributed by atoms with Crippen molar-refractivity contribution in [3.8, 4) is 5.75 Å². The largest absolute Gasteiger partial charge is 0.469 e. The van der Waals surface area contributed by atoms with E-state index in [1.54, 1.807) is 17.0 Å². The molecule has 1 saturated heterocycles. The highest BCUT2D eigenvalue weighted by Crippen LogP contribution is 2.39. The molecule has 0 unspecified atom stereocenters. The molecule has 1 fully saturated rings. The summed E-state index contributed by atoms with van der Waals surface area (Å²) in [7, 11) is 1.50. The molecule has 2 aromatic rings. The Hall–Kier alpha value is -3.41. The second kappa shape index (κ2) is 7.78. The number of carbonyl (C=O) groups is 2. The number of likely N-dealkylation sites (tertiary alicyclic amines) is 1. The van der Waals surface area contributed by atoms with Crippen LogP contribution in [0.15, 0.2) is 29.5 Å². The number of aromatic nitrogens is 2. The number of pyridine rings is 1. The minimum atomic E-state index is -2.86. The maximum absolute atomic E-state index is 13.4. The number of carbonyl (C=O) groups excluding carboxylic acids is 2. The summed E-state index contributed by atoms with van der Waals surface area (Å²) in [6.45, 7) is -0.251. The van der Waals surface area contributed by atoms with Crippen molar-refractivity contribution in [2.24, 2.45) is 5.10 Å². The first kappa shape index (κ1) is 19.9. The average Bonchev–Trinajstić information content (AvgIpc) is 3.41. The molecule has 2 aliphatic heterocycles. The first-order chi connectivity index (χ1) is 14.4. The van der Waals surface area contributed by atoms with Crippen LogP contribution < -0.4 is 20.6 Å². The fourth-order valence-corrected chi connectivity index (χ4v) is 3.35. The Bertz CT molecular complexity index is 1030. The predicted molar refractivity (Wildman–Crippen MR) is 101 cm³/mol. The molecule has 0 spiro atoms. The molecule has 12 heteroatoms. The monoisotopic (exact) mass is 422 g/mol. The third-order valence-corrected chi connectivity index (χ3v) is 4.84. The van der Waals surface area contributed by atoms with E-state index in [1.165, 1.54) is 23.9 Å². The van der Waals surface area contributed by atoms with E-state index >= 15 is 0 Å². The molecular formula is C18H20F2N6O4. The molecule has 0 radical (unpaired) electrons. The summed E-state index contributed by atoms with van der Waals surface area (Å²) in [5, 5.41) is 4.10. The van der Waals surface area contributed by atoms with Gasteiger partial charge in [-0.15, -0.1) is 0 Å². The summed E-state index contributed by atoms with van der Waals surface area (Å²) in [5.41, 5.74) is 3.83. The van der Waals surface area contributed by atoms with E-state index in [0.29, 0.717) is 29.2 Å². The van der Waals surface area contributed by atoms with E-state index in [1.807, 2.05) is 0 Å². The highest BCUT2D eigenvalue weighted by molar-refractivity contribution is 5.95. The van der Waals surface area contributed by atoms with Gasteiger partial charge in [-0.2, -0.15) is 5.10 Å². The van der Waals surface area contributed by atoms with Crippen LogP contribution in [-0.4, -0.2) is 66.4 Å². The number of methoxy groups -OCH3 is 1. The van der Waals surface area contributed by atoms with Crippen LogP contribution in [0.1, 0.15) is 16.9 Å². The van der Waals surface area contributed by atoms with Crippen molar-refractivity contribution in [1.29, 1.82) is 0 Å². The second-order valence-corrected chi connectivity index (χ2v) is 6.89. The lowest BCUT2D eigenvalue weighted by Crippen LogP contribution is -2.31. The summed E-state index contributed by atoms with van der Waals surface area (Å²) in [6.07, 6.45) is 1.81. The van der Waals surface area contributed by atoms with Crippen LogP contribution in [0.4, 0.5) is 20.3 Å². The number of nitrogens with one attached hydrogen (secondary N) is 2. The normalized spacial score (nSPS) is 17.8. The van der Waals surface area contributed by atoms with E-state index < -0.39 is 18.4 Å². The summed E-state index contributed by atoms with van der Waals surface area (Å²) in [6, 6.07) is 4.85. The van der Waals surface area contributed by atoms with Gasteiger partial charge in [0.25, 0.3) is 11.8 Å². The number of halogens is 2. The molecule has 4 rings (SSSR count). The van der Waals surface area contributed by atoms with Crippen molar-refractivity contribution >= 4 is 23.8 Å². The summed E-state index contributed by atoms with van der Waals surface area (Å²) in [5.74, 6) is -2.41. The van der Waals surface area contributed by atoms with E-state index in [4.69, 9.17) is 9.47 Å². The van der Waals surface area contributed by atoms with Crippen LogP contribution in [0.3, 0.4) is 0 Å². The summed E-state index contributed by atoms with van der Waals surface area (Å²) in [4.78, 5) is 29.7. The third kappa shape index (κ3) is 3.73. The van der Waals surface area contributed by atoms with Crippen molar-refractivity contribution in [3.63, 3.8) is 0 Å². The minimum absolute atomic E-state index is 0.00378. The molecule has 30 heavy (non-hydrogen) atoms. The molecule has 0 bridgehead atoms. The first-order valence-electron chi connectivity index (χ1n) is 9.15. The number of amides is 1. The number of nitrogens with zero attached hydrogens (tertiary/aromatic N) is 4. The van der Waals surface area contributed by atoms with Gasteiger partial charge in [-0.05, 0) is 6.07 Å². The van der Waals surface area contributed by atoms with Crippen molar-refractivity contribution < 1.29 is 27.8 Å². The van der Waals surface area contributed by atoms with Crippen LogP contribution in [0.5, 0.6) is 5.75 Å². The van der Waals surface area contributed by atoms with Crippen molar-refractivity contribution in [1.82, 2.24) is 19.9 Å². The van der Waals surface area contributed by atoms with Gasteiger partial charge in [0, 0.05) is 38.4 Å². The lowest BCUT2D eigenvalue weighted by molar-refractivity contribution is 0.0119. The molecule has 1 amide bonds.